The molecular weight excluding hydrogens is 419 g/mol. The monoisotopic (exact) mass is 446 g/mol. The lowest BCUT2D eigenvalue weighted by molar-refractivity contribution is -0.134. The Balaban J connectivity index is 1.37. The third-order valence-corrected chi connectivity index (χ3v) is 5.85. The largest absolute Gasteiger partial charge is 0.348 e. The molecule has 0 aromatic heterocycles. The molecule has 33 heavy (non-hydrogen) atoms. The molecule has 3 aromatic carbocycles. The standard InChI is InChI=1S/C26H27FN4O2/c1-31(17-19-7-3-2-4-8-19)26(33)22-16-29-30-24(22)20-13-11-18(12-14-20)15-28-25(32)21-9-5-6-10-23(21)27/h2-14,22,24,29-30H,15-17H2,1H3,(H,28,32). The zero-order valence-corrected chi connectivity index (χ0v) is 18.4. The van der Waals surface area contributed by atoms with Crippen LogP contribution < -0.4 is 16.2 Å². The molecule has 1 heterocycles. The van der Waals surface area contributed by atoms with Gasteiger partial charge in [0.1, 0.15) is 5.82 Å². The van der Waals surface area contributed by atoms with Crippen LogP contribution in [0.1, 0.15) is 33.1 Å². The van der Waals surface area contributed by atoms with Gasteiger partial charge in [-0.05, 0) is 28.8 Å². The van der Waals surface area contributed by atoms with Crippen LogP contribution in [-0.2, 0) is 17.9 Å². The normalized spacial score (nSPS) is 17.5. The molecule has 1 fully saturated rings. The van der Waals surface area contributed by atoms with E-state index in [0.717, 1.165) is 16.7 Å². The fraction of sp³-hybridized carbons (Fsp3) is 0.231. The first kappa shape index (κ1) is 22.6. The fourth-order valence-electron chi connectivity index (χ4n) is 4.03. The SMILES string of the molecule is CN(Cc1ccccc1)C(=O)C1CNNC1c1ccc(CNC(=O)c2ccccc2F)cc1. The Morgan fingerprint density at radius 3 is 2.39 bits per heavy atom. The van der Waals surface area contributed by atoms with Gasteiger partial charge in [-0.3, -0.25) is 15.0 Å². The van der Waals surface area contributed by atoms with Crippen LogP contribution >= 0.6 is 0 Å². The van der Waals surface area contributed by atoms with Gasteiger partial charge in [-0.15, -0.1) is 0 Å². The third kappa shape index (κ3) is 5.45. The van der Waals surface area contributed by atoms with Gasteiger partial charge in [-0.2, -0.15) is 0 Å². The van der Waals surface area contributed by atoms with Crippen LogP contribution in [0.15, 0.2) is 78.9 Å². The number of hydrogen-bond acceptors (Lipinski definition) is 4. The fourth-order valence-corrected chi connectivity index (χ4v) is 4.03. The summed E-state index contributed by atoms with van der Waals surface area (Å²) in [6, 6.07) is 23.4. The minimum atomic E-state index is -0.543. The summed E-state index contributed by atoms with van der Waals surface area (Å²) >= 11 is 0. The van der Waals surface area contributed by atoms with Gasteiger partial charge in [0.05, 0.1) is 17.5 Å². The Hall–Kier alpha value is -3.55. The lowest BCUT2D eigenvalue weighted by Gasteiger charge is -2.24. The second-order valence-electron chi connectivity index (χ2n) is 8.19. The number of hydrazine groups is 1. The Bertz CT molecular complexity index is 1100. The van der Waals surface area contributed by atoms with Gasteiger partial charge in [0.2, 0.25) is 5.91 Å². The third-order valence-electron chi connectivity index (χ3n) is 5.85. The average molecular weight is 447 g/mol. The van der Waals surface area contributed by atoms with Crippen molar-refractivity contribution in [3.63, 3.8) is 0 Å². The Morgan fingerprint density at radius 2 is 1.67 bits per heavy atom. The topological polar surface area (TPSA) is 73.5 Å². The number of carbonyl (C=O) groups is 2. The highest BCUT2D eigenvalue weighted by atomic mass is 19.1. The molecule has 1 saturated heterocycles. The number of hydrogen-bond donors (Lipinski definition) is 3. The van der Waals surface area contributed by atoms with Gasteiger partial charge in [0.25, 0.3) is 5.91 Å². The van der Waals surface area contributed by atoms with E-state index in [1.54, 1.807) is 17.0 Å². The van der Waals surface area contributed by atoms with E-state index < -0.39 is 11.7 Å². The van der Waals surface area contributed by atoms with E-state index in [4.69, 9.17) is 0 Å². The number of nitrogens with zero attached hydrogens (tertiary/aromatic N) is 1. The highest BCUT2D eigenvalue weighted by molar-refractivity contribution is 5.94. The van der Waals surface area contributed by atoms with Crippen molar-refractivity contribution < 1.29 is 14.0 Å². The summed E-state index contributed by atoms with van der Waals surface area (Å²) < 4.78 is 13.8. The lowest BCUT2D eigenvalue weighted by Crippen LogP contribution is -2.36. The number of nitrogens with one attached hydrogen (secondary N) is 3. The first-order valence-electron chi connectivity index (χ1n) is 10.9. The van der Waals surface area contributed by atoms with E-state index in [9.17, 15) is 14.0 Å². The molecule has 0 saturated carbocycles. The molecule has 2 atom stereocenters. The summed E-state index contributed by atoms with van der Waals surface area (Å²) in [5.74, 6) is -1.16. The van der Waals surface area contributed by atoms with E-state index in [1.807, 2.05) is 61.6 Å². The van der Waals surface area contributed by atoms with E-state index in [-0.39, 0.29) is 30.0 Å². The van der Waals surface area contributed by atoms with Crippen molar-refractivity contribution in [2.45, 2.75) is 19.1 Å². The van der Waals surface area contributed by atoms with Crippen molar-refractivity contribution in [3.05, 3.63) is 107 Å². The molecule has 1 aliphatic rings. The van der Waals surface area contributed by atoms with Crippen molar-refractivity contribution in [2.24, 2.45) is 5.92 Å². The van der Waals surface area contributed by atoms with Crippen LogP contribution in [-0.4, -0.2) is 30.3 Å². The molecule has 2 amide bonds. The molecule has 2 unspecified atom stereocenters. The van der Waals surface area contributed by atoms with Crippen LogP contribution in [0.25, 0.3) is 0 Å². The summed E-state index contributed by atoms with van der Waals surface area (Å²) in [5.41, 5.74) is 9.30. The molecule has 4 rings (SSSR count). The molecule has 3 aromatic rings. The van der Waals surface area contributed by atoms with Gasteiger partial charge < -0.3 is 10.2 Å². The van der Waals surface area contributed by atoms with Crippen molar-refractivity contribution in [3.8, 4) is 0 Å². The van der Waals surface area contributed by atoms with Gasteiger partial charge in [-0.1, -0.05) is 66.7 Å². The van der Waals surface area contributed by atoms with Crippen LogP contribution in [0.5, 0.6) is 0 Å². The summed E-state index contributed by atoms with van der Waals surface area (Å²) in [6.07, 6.45) is 0. The predicted molar refractivity (Wildman–Crippen MR) is 124 cm³/mol. The minimum absolute atomic E-state index is 0.0244. The molecule has 0 bridgehead atoms. The van der Waals surface area contributed by atoms with Gasteiger partial charge in [-0.25, -0.2) is 9.82 Å². The summed E-state index contributed by atoms with van der Waals surface area (Å²) in [5, 5.41) is 2.74. The summed E-state index contributed by atoms with van der Waals surface area (Å²) in [4.78, 5) is 27.1. The smallest absolute Gasteiger partial charge is 0.254 e. The van der Waals surface area contributed by atoms with Crippen LogP contribution in [0, 0.1) is 11.7 Å². The molecule has 6 nitrogen and oxygen atoms in total. The molecule has 7 heteroatoms. The van der Waals surface area contributed by atoms with Gasteiger partial charge >= 0.3 is 0 Å². The van der Waals surface area contributed by atoms with Crippen molar-refractivity contribution in [2.75, 3.05) is 13.6 Å². The Labute approximate surface area is 192 Å². The quantitative estimate of drug-likeness (QED) is 0.521. The number of amides is 2. The average Bonchev–Trinajstić information content (AvgIpc) is 3.33. The molecule has 1 aliphatic heterocycles. The van der Waals surface area contributed by atoms with Gasteiger partial charge in [0, 0.05) is 26.7 Å². The van der Waals surface area contributed by atoms with Crippen LogP contribution in [0.2, 0.25) is 0 Å². The summed E-state index contributed by atoms with van der Waals surface area (Å²) in [7, 11) is 1.83. The Morgan fingerprint density at radius 1 is 0.970 bits per heavy atom. The molecule has 170 valence electrons. The van der Waals surface area contributed by atoms with Gasteiger partial charge in [0.15, 0.2) is 0 Å². The zero-order valence-electron chi connectivity index (χ0n) is 18.4. The zero-order chi connectivity index (χ0) is 23.2. The number of halogens is 1. The molecule has 0 radical (unpaired) electrons. The van der Waals surface area contributed by atoms with E-state index in [1.165, 1.54) is 12.1 Å². The first-order chi connectivity index (χ1) is 16.0. The maximum atomic E-state index is 13.8. The van der Waals surface area contributed by atoms with Crippen LogP contribution in [0.3, 0.4) is 0 Å². The van der Waals surface area contributed by atoms with E-state index in [0.29, 0.717) is 13.1 Å². The van der Waals surface area contributed by atoms with E-state index in [2.05, 4.69) is 16.2 Å². The highest BCUT2D eigenvalue weighted by Gasteiger charge is 2.35. The minimum Gasteiger partial charge on any atom is -0.348 e. The maximum absolute atomic E-state index is 13.8. The van der Waals surface area contributed by atoms with E-state index >= 15 is 0 Å². The second kappa shape index (κ2) is 10.4. The lowest BCUT2D eigenvalue weighted by atomic mass is 9.93. The maximum Gasteiger partial charge on any atom is 0.254 e. The first-order valence-corrected chi connectivity index (χ1v) is 10.9. The van der Waals surface area contributed by atoms with Crippen molar-refractivity contribution in [1.29, 1.82) is 0 Å². The second-order valence-corrected chi connectivity index (χ2v) is 8.19. The highest BCUT2D eigenvalue weighted by Crippen LogP contribution is 2.27. The number of rotatable bonds is 7. The molecule has 0 aliphatic carbocycles. The number of benzene rings is 3. The van der Waals surface area contributed by atoms with Crippen molar-refractivity contribution >= 4 is 11.8 Å². The summed E-state index contributed by atoms with van der Waals surface area (Å²) in [6.45, 7) is 1.39. The molecule has 3 N–H and O–H groups in total. The Kier molecular flexibility index (Phi) is 7.12. The molecule has 0 spiro atoms. The molecular formula is C26H27FN4O2. The van der Waals surface area contributed by atoms with Crippen LogP contribution in [0.4, 0.5) is 4.39 Å². The van der Waals surface area contributed by atoms with Crippen molar-refractivity contribution in [1.82, 2.24) is 21.1 Å². The number of carbonyl (C=O) groups excluding carboxylic acids is 2. The predicted octanol–water partition coefficient (Wildman–Crippen LogP) is 3.18.